The van der Waals surface area contributed by atoms with Gasteiger partial charge >= 0.3 is 0 Å². The lowest BCUT2D eigenvalue weighted by molar-refractivity contribution is -0.117. The van der Waals surface area contributed by atoms with Gasteiger partial charge in [0, 0.05) is 23.5 Å². The van der Waals surface area contributed by atoms with E-state index in [9.17, 15) is 9.59 Å². The van der Waals surface area contributed by atoms with Crippen molar-refractivity contribution in [2.24, 2.45) is 5.92 Å². The Morgan fingerprint density at radius 2 is 1.38 bits per heavy atom. The number of amides is 2. The molecule has 126 valence electrons. The van der Waals surface area contributed by atoms with Crippen LogP contribution < -0.4 is 16.4 Å². The Morgan fingerprint density at radius 3 is 1.88 bits per heavy atom. The molecule has 0 heterocycles. The highest BCUT2D eigenvalue weighted by atomic mass is 16.2. The number of benzene rings is 2. The van der Waals surface area contributed by atoms with Gasteiger partial charge in [0.25, 0.3) is 0 Å². The molecular weight excluding hydrogens is 302 g/mol. The number of rotatable bonds is 6. The topological polar surface area (TPSA) is 84.2 Å². The number of carbonyl (C=O) groups is 2. The molecule has 0 saturated carbocycles. The van der Waals surface area contributed by atoms with Gasteiger partial charge in [-0.05, 0) is 47.9 Å². The lowest BCUT2D eigenvalue weighted by Crippen LogP contribution is -2.15. The molecule has 24 heavy (non-hydrogen) atoms. The van der Waals surface area contributed by atoms with E-state index < -0.39 is 0 Å². The molecule has 0 spiro atoms. The van der Waals surface area contributed by atoms with Crippen LogP contribution in [-0.2, 0) is 16.0 Å². The van der Waals surface area contributed by atoms with Crippen LogP contribution in [0.4, 0.5) is 17.1 Å². The fourth-order valence-electron chi connectivity index (χ4n) is 2.25. The number of nitrogens with one attached hydrogen (secondary N) is 2. The number of hydrogen-bond acceptors (Lipinski definition) is 3. The van der Waals surface area contributed by atoms with Crippen molar-refractivity contribution in [2.45, 2.75) is 26.7 Å². The fraction of sp³-hybridized carbons (Fsp3) is 0.263. The van der Waals surface area contributed by atoms with Crippen LogP contribution >= 0.6 is 0 Å². The van der Waals surface area contributed by atoms with Gasteiger partial charge in [0.15, 0.2) is 0 Å². The molecule has 0 aliphatic heterocycles. The lowest BCUT2D eigenvalue weighted by Gasteiger charge is -2.09. The number of nitrogen functional groups attached to an aromatic ring is 1. The van der Waals surface area contributed by atoms with Crippen LogP contribution in [0.2, 0.25) is 0 Å². The molecule has 0 aromatic heterocycles. The first-order valence-corrected chi connectivity index (χ1v) is 7.96. The van der Waals surface area contributed by atoms with E-state index in [2.05, 4.69) is 10.6 Å². The third-order valence-electron chi connectivity index (χ3n) is 3.39. The molecule has 2 rings (SSSR count). The van der Waals surface area contributed by atoms with Gasteiger partial charge in [-0.3, -0.25) is 9.59 Å². The zero-order chi connectivity index (χ0) is 17.5. The van der Waals surface area contributed by atoms with E-state index in [1.165, 1.54) is 0 Å². The van der Waals surface area contributed by atoms with Gasteiger partial charge in [-0.2, -0.15) is 0 Å². The highest BCUT2D eigenvalue weighted by Gasteiger charge is 2.07. The maximum atomic E-state index is 12.0. The minimum absolute atomic E-state index is 0.00913. The van der Waals surface area contributed by atoms with E-state index in [-0.39, 0.29) is 18.2 Å². The summed E-state index contributed by atoms with van der Waals surface area (Å²) in [6.07, 6.45) is 0.771. The van der Waals surface area contributed by atoms with Gasteiger partial charge in [0.1, 0.15) is 0 Å². The summed E-state index contributed by atoms with van der Waals surface area (Å²) in [4.78, 5) is 23.8. The molecular formula is C19H23N3O2. The predicted octanol–water partition coefficient (Wildman–Crippen LogP) is 3.43. The van der Waals surface area contributed by atoms with E-state index >= 15 is 0 Å². The Morgan fingerprint density at radius 1 is 0.875 bits per heavy atom. The molecule has 0 radical (unpaired) electrons. The molecule has 2 amide bonds. The minimum Gasteiger partial charge on any atom is -0.399 e. The quantitative estimate of drug-likeness (QED) is 0.711. The van der Waals surface area contributed by atoms with Crippen LogP contribution in [0.3, 0.4) is 0 Å². The maximum absolute atomic E-state index is 12.0. The molecule has 0 atom stereocenters. The average Bonchev–Trinajstić information content (AvgIpc) is 2.51. The van der Waals surface area contributed by atoms with Crippen molar-refractivity contribution in [3.05, 3.63) is 54.1 Å². The van der Waals surface area contributed by atoms with E-state index in [0.29, 0.717) is 23.7 Å². The Kier molecular flexibility index (Phi) is 5.95. The van der Waals surface area contributed by atoms with Gasteiger partial charge in [-0.15, -0.1) is 0 Å². The Hall–Kier alpha value is -2.82. The summed E-state index contributed by atoms with van der Waals surface area (Å²) in [5, 5.41) is 5.67. The zero-order valence-electron chi connectivity index (χ0n) is 14.0. The summed E-state index contributed by atoms with van der Waals surface area (Å²) in [6.45, 7) is 4.00. The molecule has 0 bridgehead atoms. The Balaban J connectivity index is 1.87. The fourth-order valence-corrected chi connectivity index (χ4v) is 2.25. The molecule has 0 aliphatic rings. The van der Waals surface area contributed by atoms with E-state index in [1.54, 1.807) is 36.4 Å². The zero-order valence-corrected chi connectivity index (χ0v) is 14.0. The Labute approximate surface area is 142 Å². The normalized spacial score (nSPS) is 10.5. The largest absolute Gasteiger partial charge is 0.399 e. The number of carbonyl (C=O) groups excluding carboxylic acids is 2. The average molecular weight is 325 g/mol. The van der Waals surface area contributed by atoms with Crippen LogP contribution in [0.1, 0.15) is 25.8 Å². The first kappa shape index (κ1) is 17.5. The number of nitrogens with two attached hydrogens (primary N) is 1. The van der Waals surface area contributed by atoms with Crippen molar-refractivity contribution in [3.8, 4) is 0 Å². The van der Waals surface area contributed by atoms with E-state index in [1.807, 2.05) is 26.0 Å². The maximum Gasteiger partial charge on any atom is 0.228 e. The summed E-state index contributed by atoms with van der Waals surface area (Å²) in [5.74, 6) is 0.207. The summed E-state index contributed by atoms with van der Waals surface area (Å²) >= 11 is 0. The van der Waals surface area contributed by atoms with Gasteiger partial charge in [0.2, 0.25) is 11.8 Å². The van der Waals surface area contributed by atoms with Crippen LogP contribution in [-0.4, -0.2) is 11.8 Å². The molecule has 0 unspecified atom stereocenters. The van der Waals surface area contributed by atoms with Crippen molar-refractivity contribution in [1.82, 2.24) is 0 Å². The summed E-state index contributed by atoms with van der Waals surface area (Å²) in [7, 11) is 0. The minimum atomic E-state index is -0.101. The third-order valence-corrected chi connectivity index (χ3v) is 3.39. The van der Waals surface area contributed by atoms with Crippen molar-refractivity contribution >= 4 is 28.9 Å². The van der Waals surface area contributed by atoms with Gasteiger partial charge in [-0.1, -0.05) is 26.0 Å². The lowest BCUT2D eigenvalue weighted by atomic mass is 10.1. The SMILES string of the molecule is CC(C)CC(=O)Nc1ccc(NC(=O)Cc2ccc(N)cc2)cc1. The van der Waals surface area contributed by atoms with Crippen LogP contribution in [0.15, 0.2) is 48.5 Å². The third kappa shape index (κ3) is 5.76. The highest BCUT2D eigenvalue weighted by Crippen LogP contribution is 2.15. The van der Waals surface area contributed by atoms with Crippen molar-refractivity contribution in [3.63, 3.8) is 0 Å². The second kappa shape index (κ2) is 8.15. The van der Waals surface area contributed by atoms with E-state index in [4.69, 9.17) is 5.73 Å². The van der Waals surface area contributed by atoms with Crippen LogP contribution in [0, 0.1) is 5.92 Å². The summed E-state index contributed by atoms with van der Waals surface area (Å²) in [6, 6.07) is 14.3. The second-order valence-corrected chi connectivity index (χ2v) is 6.19. The predicted molar refractivity (Wildman–Crippen MR) is 97.7 cm³/mol. The molecule has 5 nitrogen and oxygen atoms in total. The smallest absolute Gasteiger partial charge is 0.228 e. The molecule has 2 aromatic carbocycles. The molecule has 2 aromatic rings. The molecule has 0 aliphatic carbocycles. The first-order chi connectivity index (χ1) is 11.4. The highest BCUT2D eigenvalue weighted by molar-refractivity contribution is 5.93. The van der Waals surface area contributed by atoms with Gasteiger partial charge in [-0.25, -0.2) is 0 Å². The van der Waals surface area contributed by atoms with Gasteiger partial charge in [0.05, 0.1) is 6.42 Å². The second-order valence-electron chi connectivity index (χ2n) is 6.19. The molecule has 0 fully saturated rings. The number of hydrogen-bond donors (Lipinski definition) is 3. The van der Waals surface area contributed by atoms with Crippen LogP contribution in [0.25, 0.3) is 0 Å². The number of anilines is 3. The molecule has 4 N–H and O–H groups in total. The summed E-state index contributed by atoms with van der Waals surface area (Å²) < 4.78 is 0. The van der Waals surface area contributed by atoms with E-state index in [0.717, 1.165) is 11.3 Å². The van der Waals surface area contributed by atoms with Crippen molar-refractivity contribution in [2.75, 3.05) is 16.4 Å². The Bertz CT molecular complexity index is 692. The van der Waals surface area contributed by atoms with Crippen LogP contribution in [0.5, 0.6) is 0 Å². The first-order valence-electron chi connectivity index (χ1n) is 7.96. The summed E-state index contributed by atoms with van der Waals surface area (Å²) in [5.41, 5.74) is 8.61. The standard InChI is InChI=1S/C19H23N3O2/c1-13(2)11-18(23)21-16-7-9-17(10-8-16)22-19(24)12-14-3-5-15(20)6-4-14/h3-10,13H,11-12,20H2,1-2H3,(H,21,23)(H,22,24). The van der Waals surface area contributed by atoms with Crippen molar-refractivity contribution in [1.29, 1.82) is 0 Å². The monoisotopic (exact) mass is 325 g/mol. The molecule has 0 saturated heterocycles. The van der Waals surface area contributed by atoms with Gasteiger partial charge < -0.3 is 16.4 Å². The van der Waals surface area contributed by atoms with Crippen molar-refractivity contribution < 1.29 is 9.59 Å². The molecule has 5 heteroatoms.